The van der Waals surface area contributed by atoms with Crippen molar-refractivity contribution in [3.8, 4) is 28.1 Å². The Kier molecular flexibility index (Phi) is 8.91. The molecule has 6 aromatic rings. The fourth-order valence-electron chi connectivity index (χ4n) is 7.72. The van der Waals surface area contributed by atoms with Crippen LogP contribution in [0, 0.1) is 5.92 Å². The highest BCUT2D eigenvalue weighted by molar-refractivity contribution is 6.09. The normalized spacial score (nSPS) is 17.4. The Hall–Kier alpha value is -5.62. The van der Waals surface area contributed by atoms with Gasteiger partial charge in [0, 0.05) is 52.8 Å². The van der Waals surface area contributed by atoms with Gasteiger partial charge in [0.1, 0.15) is 17.4 Å². The summed E-state index contributed by atoms with van der Waals surface area (Å²) in [4.78, 5) is 31.8. The van der Waals surface area contributed by atoms with Gasteiger partial charge < -0.3 is 20.3 Å². The van der Waals surface area contributed by atoms with Crippen molar-refractivity contribution >= 4 is 39.6 Å². The van der Waals surface area contributed by atoms with Crippen molar-refractivity contribution in [2.45, 2.75) is 57.5 Å². The first-order valence-corrected chi connectivity index (χ1v) is 17.8. The summed E-state index contributed by atoms with van der Waals surface area (Å²) in [6.07, 6.45) is 11.9. The Morgan fingerprint density at radius 3 is 2.63 bits per heavy atom. The van der Waals surface area contributed by atoms with Crippen LogP contribution in [-0.4, -0.2) is 71.0 Å². The van der Waals surface area contributed by atoms with E-state index in [9.17, 15) is 14.7 Å². The SMILES string of the molecule is Nc1nnc(-c2ccccc2O)cc1-c1cnn(CCC2CCN(CCCc3ccc4c(c3)c3cccnc3n4C3CCC(=O)NC3=O)CC2)c1. The van der Waals surface area contributed by atoms with Crippen LogP contribution in [0.4, 0.5) is 5.82 Å². The zero-order valence-corrected chi connectivity index (χ0v) is 28.4. The van der Waals surface area contributed by atoms with Crippen molar-refractivity contribution in [3.05, 3.63) is 84.8 Å². The average molecular weight is 684 g/mol. The number of pyridine rings is 1. The van der Waals surface area contributed by atoms with Crippen LogP contribution < -0.4 is 11.1 Å². The number of rotatable bonds is 10. The number of phenols is 1. The molecule has 2 amide bonds. The number of aromatic nitrogens is 6. The van der Waals surface area contributed by atoms with Gasteiger partial charge in [-0.1, -0.05) is 18.2 Å². The number of carbonyl (C=O) groups is 2. The van der Waals surface area contributed by atoms with Crippen LogP contribution in [0.25, 0.3) is 44.3 Å². The lowest BCUT2D eigenvalue weighted by Gasteiger charge is -2.32. The number of piperidine rings is 2. The molecule has 2 aliphatic rings. The van der Waals surface area contributed by atoms with Crippen LogP contribution in [0.5, 0.6) is 5.75 Å². The quantitative estimate of drug-likeness (QED) is 0.158. The van der Waals surface area contributed by atoms with Crippen LogP contribution in [0.3, 0.4) is 0 Å². The van der Waals surface area contributed by atoms with Gasteiger partial charge in [-0.3, -0.25) is 19.6 Å². The van der Waals surface area contributed by atoms with Crippen molar-refractivity contribution in [1.29, 1.82) is 0 Å². The number of anilines is 1. The standard InChI is InChI=1S/C39H41N9O3/c40-37-30(22-32(44-45-37)29-6-1-2-8-35(29)49)27-23-42-47(24-27)20-15-25-13-18-46(19-14-25)17-4-5-26-9-10-33-31(21-26)28-7-3-16-41-38(28)48(33)34-11-12-36(50)43-39(34)51/h1-3,6-10,16,21-25,34,49H,4-5,11-15,17-20H2,(H2,40,45)(H,43,50,51). The Bertz CT molecular complexity index is 2230. The third-order valence-electron chi connectivity index (χ3n) is 10.5. The van der Waals surface area contributed by atoms with Crippen LogP contribution in [-0.2, 0) is 22.6 Å². The van der Waals surface area contributed by atoms with Crippen LogP contribution in [0.15, 0.2) is 79.3 Å². The molecule has 0 spiro atoms. The van der Waals surface area contributed by atoms with E-state index in [0.29, 0.717) is 35.8 Å². The number of nitrogens with zero attached hydrogens (tertiary/aromatic N) is 7. The molecule has 4 N–H and O–H groups in total. The number of carbonyl (C=O) groups excluding carboxylic acids is 2. The number of phenolic OH excluding ortho intramolecular Hbond substituents is 1. The second-order valence-electron chi connectivity index (χ2n) is 13.8. The molecule has 260 valence electrons. The highest BCUT2D eigenvalue weighted by atomic mass is 16.3. The summed E-state index contributed by atoms with van der Waals surface area (Å²) in [7, 11) is 0. The number of nitrogens with one attached hydrogen (secondary N) is 1. The minimum absolute atomic E-state index is 0.148. The second kappa shape index (κ2) is 13.9. The van der Waals surface area contributed by atoms with Gasteiger partial charge in [-0.05, 0) is 112 Å². The summed E-state index contributed by atoms with van der Waals surface area (Å²) in [5.74, 6) is 0.662. The molecular weight excluding hydrogens is 642 g/mol. The zero-order valence-electron chi connectivity index (χ0n) is 28.4. The number of aryl methyl sites for hydroxylation is 2. The first-order chi connectivity index (χ1) is 24.9. The number of para-hydroxylation sites is 1. The highest BCUT2D eigenvalue weighted by Gasteiger charge is 2.31. The monoisotopic (exact) mass is 683 g/mol. The molecule has 0 radical (unpaired) electrons. The molecule has 12 nitrogen and oxygen atoms in total. The summed E-state index contributed by atoms with van der Waals surface area (Å²) in [5.41, 5.74) is 12.0. The fourth-order valence-corrected chi connectivity index (χ4v) is 7.72. The topological polar surface area (TPSA) is 157 Å². The fraction of sp³-hybridized carbons (Fsp3) is 0.333. The minimum atomic E-state index is -0.446. The molecule has 2 fully saturated rings. The van der Waals surface area contributed by atoms with Crippen molar-refractivity contribution in [3.63, 3.8) is 0 Å². The van der Waals surface area contributed by atoms with Gasteiger partial charge in [0.2, 0.25) is 11.8 Å². The van der Waals surface area contributed by atoms with Crippen molar-refractivity contribution < 1.29 is 14.7 Å². The molecule has 4 aromatic heterocycles. The molecule has 2 saturated heterocycles. The molecule has 1 atom stereocenters. The first-order valence-electron chi connectivity index (χ1n) is 17.8. The summed E-state index contributed by atoms with van der Waals surface area (Å²) in [5, 5.41) is 27.8. The van der Waals surface area contributed by atoms with Crippen molar-refractivity contribution in [1.82, 2.24) is 39.7 Å². The zero-order chi connectivity index (χ0) is 34.9. The van der Waals surface area contributed by atoms with Gasteiger partial charge in [0.05, 0.1) is 17.4 Å². The summed E-state index contributed by atoms with van der Waals surface area (Å²) in [6.45, 7) is 4.12. The van der Waals surface area contributed by atoms with E-state index in [1.165, 1.54) is 18.4 Å². The first kappa shape index (κ1) is 32.6. The lowest BCUT2D eigenvalue weighted by Crippen LogP contribution is -2.41. The van der Waals surface area contributed by atoms with E-state index >= 15 is 0 Å². The van der Waals surface area contributed by atoms with Crippen LogP contribution in [0.2, 0.25) is 0 Å². The molecule has 0 bridgehead atoms. The predicted octanol–water partition coefficient (Wildman–Crippen LogP) is 5.51. The van der Waals surface area contributed by atoms with E-state index in [-0.39, 0.29) is 17.6 Å². The largest absolute Gasteiger partial charge is 0.507 e. The summed E-state index contributed by atoms with van der Waals surface area (Å²) in [6, 6.07) is 19.0. The van der Waals surface area contributed by atoms with E-state index in [0.717, 1.165) is 78.5 Å². The van der Waals surface area contributed by atoms with Crippen molar-refractivity contribution in [2.24, 2.45) is 5.92 Å². The number of amides is 2. The van der Waals surface area contributed by atoms with E-state index in [1.807, 2.05) is 39.8 Å². The molecular formula is C39H41N9O3. The number of benzene rings is 2. The predicted molar refractivity (Wildman–Crippen MR) is 196 cm³/mol. The molecule has 6 heterocycles. The second-order valence-corrected chi connectivity index (χ2v) is 13.8. The Balaban J connectivity index is 0.837. The van der Waals surface area contributed by atoms with E-state index in [1.54, 1.807) is 24.4 Å². The molecule has 2 aromatic carbocycles. The van der Waals surface area contributed by atoms with Crippen LogP contribution in [0.1, 0.15) is 50.1 Å². The number of imide groups is 1. The maximum absolute atomic E-state index is 12.8. The molecule has 51 heavy (non-hydrogen) atoms. The van der Waals surface area contributed by atoms with Gasteiger partial charge >= 0.3 is 0 Å². The lowest BCUT2D eigenvalue weighted by atomic mass is 9.93. The number of nitrogen functional groups attached to an aromatic ring is 1. The number of aromatic hydroxyl groups is 1. The van der Waals surface area contributed by atoms with E-state index in [2.05, 4.69) is 54.8 Å². The summed E-state index contributed by atoms with van der Waals surface area (Å²) >= 11 is 0. The van der Waals surface area contributed by atoms with Gasteiger partial charge in [0.15, 0.2) is 5.82 Å². The molecule has 1 unspecified atom stereocenters. The molecule has 2 aliphatic heterocycles. The third kappa shape index (κ3) is 6.66. The Labute approximate surface area is 295 Å². The minimum Gasteiger partial charge on any atom is -0.507 e. The third-order valence-corrected chi connectivity index (χ3v) is 10.5. The number of fused-ring (bicyclic) bond motifs is 3. The molecule has 8 rings (SSSR count). The Morgan fingerprint density at radius 1 is 0.922 bits per heavy atom. The maximum atomic E-state index is 12.8. The van der Waals surface area contributed by atoms with Gasteiger partial charge in [-0.2, -0.15) is 5.10 Å². The number of hydrogen-bond acceptors (Lipinski definition) is 9. The van der Waals surface area contributed by atoms with Crippen molar-refractivity contribution in [2.75, 3.05) is 25.4 Å². The molecule has 0 aliphatic carbocycles. The Morgan fingerprint density at radius 2 is 1.78 bits per heavy atom. The number of hydrogen-bond donors (Lipinski definition) is 3. The smallest absolute Gasteiger partial charge is 0.249 e. The average Bonchev–Trinajstić information content (AvgIpc) is 3.75. The van der Waals surface area contributed by atoms with Gasteiger partial charge in [-0.25, -0.2) is 4.98 Å². The van der Waals surface area contributed by atoms with E-state index in [4.69, 9.17) is 5.73 Å². The number of likely N-dealkylation sites (tertiary alicyclic amines) is 1. The van der Waals surface area contributed by atoms with Crippen LogP contribution >= 0.6 is 0 Å². The van der Waals surface area contributed by atoms with E-state index < -0.39 is 6.04 Å². The molecule has 0 saturated carbocycles. The van der Waals surface area contributed by atoms with Gasteiger partial charge in [-0.15, -0.1) is 10.2 Å². The lowest BCUT2D eigenvalue weighted by molar-refractivity contribution is -0.135. The summed E-state index contributed by atoms with van der Waals surface area (Å²) < 4.78 is 3.99. The highest BCUT2D eigenvalue weighted by Crippen LogP contribution is 2.35. The molecule has 12 heteroatoms. The maximum Gasteiger partial charge on any atom is 0.249 e. The number of nitrogens with two attached hydrogens (primary N) is 1. The van der Waals surface area contributed by atoms with Gasteiger partial charge in [0.25, 0.3) is 0 Å².